The summed E-state index contributed by atoms with van der Waals surface area (Å²) in [5.41, 5.74) is 0. The molecule has 0 aliphatic carbocycles. The minimum atomic E-state index is -5.04. The number of carbonyl (C=O) groups is 4. The van der Waals surface area contributed by atoms with Crippen molar-refractivity contribution in [2.45, 2.75) is 264 Å². The van der Waals surface area contributed by atoms with Gasteiger partial charge in [0.2, 0.25) is 0 Å². The molecule has 5 atom stereocenters. The van der Waals surface area contributed by atoms with Gasteiger partial charge in [-0.1, -0.05) is 284 Å². The number of allylic oxidation sites excluding steroid dienone is 40. The van der Waals surface area contributed by atoms with Crippen LogP contribution in [0.5, 0.6) is 0 Å². The van der Waals surface area contributed by atoms with E-state index in [1.54, 1.807) is 0 Å². The zero-order chi connectivity index (χ0) is 80.3. The van der Waals surface area contributed by atoms with Crippen molar-refractivity contribution in [1.29, 1.82) is 0 Å². The van der Waals surface area contributed by atoms with E-state index in [2.05, 4.69) is 228 Å². The van der Waals surface area contributed by atoms with Gasteiger partial charge in [0.05, 0.1) is 26.4 Å². The highest BCUT2D eigenvalue weighted by Crippen LogP contribution is 2.45. The largest absolute Gasteiger partial charge is 0.472 e. The van der Waals surface area contributed by atoms with Crippen molar-refractivity contribution >= 4 is 39.5 Å². The Morgan fingerprint density at radius 2 is 0.464 bits per heavy atom. The number of hydrogen-bond donors (Lipinski definition) is 3. The quantitative estimate of drug-likeness (QED) is 0.0169. The molecule has 614 valence electrons. The third-order valence-electron chi connectivity index (χ3n) is 15.3. The molecule has 0 aromatic heterocycles. The second-order valence-electron chi connectivity index (χ2n) is 25.5. The van der Waals surface area contributed by atoms with Crippen molar-refractivity contribution < 1.29 is 80.2 Å². The highest BCUT2D eigenvalue weighted by molar-refractivity contribution is 7.47. The first-order valence-electron chi connectivity index (χ1n) is 40.3. The number of aliphatic hydroxyl groups excluding tert-OH is 1. The average molecular weight is 1570 g/mol. The molecular formula is C91H138O17P2. The zero-order valence-corrected chi connectivity index (χ0v) is 68.9. The summed E-state index contributed by atoms with van der Waals surface area (Å²) in [5.74, 6) is -2.48. The lowest BCUT2D eigenvalue weighted by molar-refractivity contribution is -0.161. The van der Waals surface area contributed by atoms with Gasteiger partial charge in [-0.2, -0.15) is 0 Å². The van der Waals surface area contributed by atoms with Crippen molar-refractivity contribution in [3.63, 3.8) is 0 Å². The lowest BCUT2D eigenvalue weighted by atomic mass is 10.1. The summed E-state index contributed by atoms with van der Waals surface area (Å²) in [5, 5.41) is 10.7. The summed E-state index contributed by atoms with van der Waals surface area (Å²) >= 11 is 0. The van der Waals surface area contributed by atoms with Gasteiger partial charge in [-0.3, -0.25) is 37.3 Å². The van der Waals surface area contributed by atoms with E-state index in [0.29, 0.717) is 44.9 Å². The van der Waals surface area contributed by atoms with E-state index >= 15 is 0 Å². The van der Waals surface area contributed by atoms with Gasteiger partial charge in [0.25, 0.3) is 0 Å². The minimum absolute atomic E-state index is 0.00735. The molecule has 0 saturated carbocycles. The van der Waals surface area contributed by atoms with Gasteiger partial charge in [0.1, 0.15) is 19.3 Å². The van der Waals surface area contributed by atoms with Gasteiger partial charge in [-0.15, -0.1) is 0 Å². The van der Waals surface area contributed by atoms with Crippen LogP contribution in [0.4, 0.5) is 0 Å². The molecule has 0 radical (unpaired) electrons. The van der Waals surface area contributed by atoms with Crippen molar-refractivity contribution in [2.24, 2.45) is 0 Å². The Bertz CT molecular complexity index is 3050. The van der Waals surface area contributed by atoms with Gasteiger partial charge in [-0.25, -0.2) is 9.13 Å². The van der Waals surface area contributed by atoms with Gasteiger partial charge in [0, 0.05) is 25.7 Å². The fraction of sp³-hybridized carbons (Fsp3) is 0.516. The Hall–Kier alpha value is -7.14. The summed E-state index contributed by atoms with van der Waals surface area (Å²) in [6.45, 7) is 4.11. The molecule has 0 rings (SSSR count). The molecule has 19 heteroatoms. The molecule has 0 fully saturated rings. The predicted molar refractivity (Wildman–Crippen MR) is 454 cm³/mol. The molecule has 0 saturated heterocycles. The molecule has 17 nitrogen and oxygen atoms in total. The average Bonchev–Trinajstić information content (AvgIpc) is 0.900. The van der Waals surface area contributed by atoms with Crippen LogP contribution in [0, 0.1) is 0 Å². The third-order valence-corrected chi connectivity index (χ3v) is 17.2. The van der Waals surface area contributed by atoms with Gasteiger partial charge in [-0.05, 0) is 180 Å². The van der Waals surface area contributed by atoms with Crippen LogP contribution in [0.2, 0.25) is 0 Å². The number of esters is 4. The number of rotatable bonds is 72. The second kappa shape index (κ2) is 79.9. The topological polar surface area (TPSA) is 237 Å². The van der Waals surface area contributed by atoms with Crippen molar-refractivity contribution in [3.05, 3.63) is 243 Å². The van der Waals surface area contributed by atoms with Crippen LogP contribution in [0.1, 0.15) is 246 Å². The van der Waals surface area contributed by atoms with E-state index in [4.69, 9.17) is 37.0 Å². The van der Waals surface area contributed by atoms with E-state index < -0.39 is 97.5 Å². The lowest BCUT2D eigenvalue weighted by Gasteiger charge is -2.21. The number of ether oxygens (including phenoxy) is 4. The summed E-state index contributed by atoms with van der Waals surface area (Å²) in [7, 11) is -10.1. The smallest absolute Gasteiger partial charge is 0.462 e. The minimum Gasteiger partial charge on any atom is -0.462 e. The molecule has 0 aliphatic rings. The van der Waals surface area contributed by atoms with Crippen molar-refractivity contribution in [3.8, 4) is 0 Å². The zero-order valence-electron chi connectivity index (χ0n) is 67.1. The summed E-state index contributed by atoms with van der Waals surface area (Å²) in [4.78, 5) is 73.1. The normalized spacial score (nSPS) is 15.1. The Morgan fingerprint density at radius 1 is 0.255 bits per heavy atom. The van der Waals surface area contributed by atoms with Gasteiger partial charge in [0.15, 0.2) is 12.2 Å². The molecule has 3 N–H and O–H groups in total. The van der Waals surface area contributed by atoms with Crippen molar-refractivity contribution in [1.82, 2.24) is 0 Å². The van der Waals surface area contributed by atoms with Crippen LogP contribution < -0.4 is 0 Å². The maximum absolute atomic E-state index is 13.1. The number of carbonyl (C=O) groups excluding carboxylic acids is 4. The Labute approximate surface area is 663 Å². The Morgan fingerprint density at radius 3 is 0.764 bits per heavy atom. The molecule has 0 amide bonds. The maximum atomic E-state index is 13.1. The van der Waals surface area contributed by atoms with E-state index in [-0.39, 0.29) is 25.7 Å². The second-order valence-corrected chi connectivity index (χ2v) is 28.4. The fourth-order valence-corrected chi connectivity index (χ4v) is 10.9. The first-order chi connectivity index (χ1) is 53.7. The molecular weight excluding hydrogens is 1430 g/mol. The standard InChI is InChI=1S/C91H138O17P2/c1-5-9-13-17-21-25-29-33-37-40-42-45-49-52-56-60-64-68-72-76-89(94)102-82-87(108-91(96)78-74-70-66-62-58-54-50-46-43-41-38-34-30-26-22-18-14-10-6-2)84-106-110(99,100)104-80-85(92)79-103-109(97,98)105-83-86(107-90(95)77-73-69-65-61-57-53-47-36-32-28-24-20-16-12-8-4)81-101-88(93)75-71-67-63-59-55-51-48-44-39-35-31-27-23-19-15-11-7-3/h9-16,21-28,33-39,42-43,45-48,51-52,54,56-58,61,64,66,68,70,85-87,92H,5-8,17-20,29-32,40-41,44,49-50,53,55,59-60,62-63,65,67,69,71-84H2,1-4H3,(H,97,98)(H,99,100)/b13-9-,14-10-,15-11-,16-12-,25-21-,26-22-,27-23-,28-24-,37-33-,38-34-,39-35-,45-42-,46-43-,47-36-,51-48-,56-52-,58-54-,61-57-,68-64-,70-66-. The molecule has 110 heavy (non-hydrogen) atoms. The number of phosphoric ester groups is 2. The predicted octanol–water partition coefficient (Wildman–Crippen LogP) is 24.0. The Kier molecular flexibility index (Phi) is 74.7. The molecule has 0 spiro atoms. The lowest BCUT2D eigenvalue weighted by Crippen LogP contribution is -2.30. The van der Waals surface area contributed by atoms with Crippen LogP contribution >= 0.6 is 15.6 Å². The van der Waals surface area contributed by atoms with E-state index in [0.717, 1.165) is 148 Å². The monoisotopic (exact) mass is 1560 g/mol. The van der Waals surface area contributed by atoms with Crippen LogP contribution in [-0.4, -0.2) is 96.7 Å². The van der Waals surface area contributed by atoms with Gasteiger partial charge >= 0.3 is 39.5 Å². The van der Waals surface area contributed by atoms with Gasteiger partial charge < -0.3 is 33.8 Å². The summed E-state index contributed by atoms with van der Waals surface area (Å²) < 4.78 is 68.4. The number of unbranched alkanes of at least 4 members (excludes halogenated alkanes) is 6. The van der Waals surface area contributed by atoms with Crippen LogP contribution in [-0.2, 0) is 65.4 Å². The summed E-state index contributed by atoms with van der Waals surface area (Å²) in [6, 6.07) is 0. The van der Waals surface area contributed by atoms with Crippen LogP contribution in [0.3, 0.4) is 0 Å². The molecule has 0 heterocycles. The Balaban J connectivity index is 5.61. The molecule has 0 aliphatic heterocycles. The molecule has 0 aromatic rings. The SMILES string of the molecule is CC/C=C\C/C=C\C/C=C\C/C=C\C/C=C\C/C=C\CCC(=O)OCC(COP(=O)(O)OCC(O)COP(=O)(O)OCC(COC(=O)CCCCCC/C=C\C/C=C\C/C=C\C/C=C\CC)OC(=O)CCCC/C=C\C/C=C\C/C=C\C/C=C\CC)OC(=O)CC/C=C\C/C=C\C/C=C\C/C=C\C/C=C\C/C=C\CC. The number of phosphoric acid groups is 2. The number of aliphatic hydroxyl groups is 1. The van der Waals surface area contributed by atoms with Crippen molar-refractivity contribution in [2.75, 3.05) is 39.6 Å². The molecule has 5 unspecified atom stereocenters. The molecule has 0 bridgehead atoms. The first-order valence-corrected chi connectivity index (χ1v) is 43.3. The number of hydrogen-bond acceptors (Lipinski definition) is 15. The van der Waals surface area contributed by atoms with Crippen LogP contribution in [0.25, 0.3) is 0 Å². The highest BCUT2D eigenvalue weighted by Gasteiger charge is 2.30. The van der Waals surface area contributed by atoms with E-state index in [1.165, 1.54) is 0 Å². The molecule has 0 aromatic carbocycles. The summed E-state index contributed by atoms with van der Waals surface area (Å²) in [6.07, 6.45) is 105. The van der Waals surface area contributed by atoms with E-state index in [1.807, 2.05) is 42.5 Å². The first kappa shape index (κ1) is 103. The van der Waals surface area contributed by atoms with E-state index in [9.17, 15) is 43.2 Å². The fourth-order valence-electron chi connectivity index (χ4n) is 9.37. The van der Waals surface area contributed by atoms with Crippen LogP contribution in [0.15, 0.2) is 243 Å². The maximum Gasteiger partial charge on any atom is 0.472 e. The third kappa shape index (κ3) is 79.0. The highest BCUT2D eigenvalue weighted by atomic mass is 31.2.